The molecule has 0 aliphatic carbocycles. The fourth-order valence-electron chi connectivity index (χ4n) is 1.73. The van der Waals surface area contributed by atoms with Crippen molar-refractivity contribution in [2.45, 2.75) is 77.4 Å². The summed E-state index contributed by atoms with van der Waals surface area (Å²) in [4.78, 5) is 0. The summed E-state index contributed by atoms with van der Waals surface area (Å²) in [6, 6.07) is 0. The first kappa shape index (κ1) is 14.9. The molecule has 0 heterocycles. The number of hydrogen-bond donors (Lipinski definition) is 3. The van der Waals surface area contributed by atoms with Crippen LogP contribution in [0, 0.1) is 0 Å². The molecule has 0 amide bonds. The van der Waals surface area contributed by atoms with Gasteiger partial charge in [-0.05, 0) is 12.8 Å². The van der Waals surface area contributed by atoms with Gasteiger partial charge in [0, 0.05) is 0 Å². The zero-order valence-corrected chi connectivity index (χ0v) is 10.2. The Kier molecular flexibility index (Phi) is 11.9. The van der Waals surface area contributed by atoms with Gasteiger partial charge in [0.15, 0.2) is 0 Å². The molecule has 92 valence electrons. The average molecular weight is 216 g/mol. The zero-order chi connectivity index (χ0) is 11.4. The quantitative estimate of drug-likeness (QED) is 0.215. The van der Waals surface area contributed by atoms with Crippen LogP contribution in [0.15, 0.2) is 0 Å². The maximum atomic E-state index is 9.12. The third-order valence-corrected chi connectivity index (χ3v) is 2.77. The number of rotatable bonds is 11. The Labute approximate surface area is 94.4 Å². The number of hydrazine groups is 1. The minimum Gasteiger partial charge on any atom is -0.377 e. The lowest BCUT2D eigenvalue weighted by Crippen LogP contribution is -2.34. The van der Waals surface area contributed by atoms with Crippen molar-refractivity contribution in [3.05, 3.63) is 0 Å². The molecule has 3 nitrogen and oxygen atoms in total. The van der Waals surface area contributed by atoms with Gasteiger partial charge in [-0.2, -0.15) is 0 Å². The maximum Gasteiger partial charge on any atom is 0.116 e. The smallest absolute Gasteiger partial charge is 0.116 e. The van der Waals surface area contributed by atoms with Crippen molar-refractivity contribution >= 4 is 0 Å². The fraction of sp³-hybridized carbons (Fsp3) is 1.00. The van der Waals surface area contributed by atoms with Gasteiger partial charge in [-0.3, -0.25) is 5.84 Å². The van der Waals surface area contributed by atoms with Gasteiger partial charge in [-0.15, -0.1) is 0 Å². The highest BCUT2D eigenvalue weighted by molar-refractivity contribution is 4.50. The van der Waals surface area contributed by atoms with E-state index in [0.717, 1.165) is 12.8 Å². The van der Waals surface area contributed by atoms with Crippen LogP contribution < -0.4 is 11.3 Å². The van der Waals surface area contributed by atoms with Crippen molar-refractivity contribution in [2.24, 2.45) is 5.84 Å². The van der Waals surface area contributed by atoms with Crippen molar-refractivity contribution < 1.29 is 5.11 Å². The molecule has 0 aromatic rings. The van der Waals surface area contributed by atoms with Crippen LogP contribution >= 0.6 is 0 Å². The predicted octanol–water partition coefficient (Wildman–Crippen LogP) is 2.69. The Balaban J connectivity index is 2.92. The van der Waals surface area contributed by atoms with E-state index in [1.54, 1.807) is 0 Å². The topological polar surface area (TPSA) is 58.3 Å². The summed E-state index contributed by atoms with van der Waals surface area (Å²) in [6.07, 6.45) is 12.0. The molecule has 0 radical (unpaired) electrons. The molecule has 0 aromatic heterocycles. The Bertz CT molecular complexity index is 120. The summed E-state index contributed by atoms with van der Waals surface area (Å²) in [5.41, 5.74) is 2.35. The minimum absolute atomic E-state index is 0.519. The first-order valence-electron chi connectivity index (χ1n) is 6.45. The first-order chi connectivity index (χ1) is 7.31. The van der Waals surface area contributed by atoms with E-state index in [0.29, 0.717) is 0 Å². The summed E-state index contributed by atoms with van der Waals surface area (Å²) < 4.78 is 0. The van der Waals surface area contributed by atoms with Gasteiger partial charge in [0.1, 0.15) is 6.23 Å². The summed E-state index contributed by atoms with van der Waals surface area (Å²) >= 11 is 0. The van der Waals surface area contributed by atoms with Gasteiger partial charge in [0.25, 0.3) is 0 Å². The number of unbranched alkanes of at least 4 members (excludes halogenated alkanes) is 8. The third-order valence-electron chi connectivity index (χ3n) is 2.77. The SMILES string of the molecule is CCCCCCCCCCCC(O)NN. The van der Waals surface area contributed by atoms with Crippen molar-refractivity contribution in [2.75, 3.05) is 0 Å². The predicted molar refractivity (Wildman–Crippen MR) is 65.2 cm³/mol. The molecule has 0 aromatic carbocycles. The molecule has 0 aliphatic heterocycles. The summed E-state index contributed by atoms with van der Waals surface area (Å²) in [7, 11) is 0. The number of hydrogen-bond acceptors (Lipinski definition) is 3. The van der Waals surface area contributed by atoms with Gasteiger partial charge >= 0.3 is 0 Å². The van der Waals surface area contributed by atoms with Crippen molar-refractivity contribution in [1.29, 1.82) is 0 Å². The molecular formula is C12H28N2O. The van der Waals surface area contributed by atoms with Gasteiger partial charge in [0.2, 0.25) is 0 Å². The van der Waals surface area contributed by atoms with Crippen LogP contribution in [-0.2, 0) is 0 Å². The Hall–Kier alpha value is -0.120. The highest BCUT2D eigenvalue weighted by Crippen LogP contribution is 2.10. The van der Waals surface area contributed by atoms with Gasteiger partial charge < -0.3 is 5.11 Å². The Morgan fingerprint density at radius 1 is 0.933 bits per heavy atom. The van der Waals surface area contributed by atoms with E-state index in [2.05, 4.69) is 12.3 Å². The van der Waals surface area contributed by atoms with E-state index < -0.39 is 6.23 Å². The van der Waals surface area contributed by atoms with Crippen LogP contribution in [0.3, 0.4) is 0 Å². The van der Waals surface area contributed by atoms with Crippen LogP contribution in [-0.4, -0.2) is 11.3 Å². The number of nitrogens with two attached hydrogens (primary N) is 1. The van der Waals surface area contributed by atoms with Crippen LogP contribution in [0.4, 0.5) is 0 Å². The molecule has 3 heteroatoms. The van der Waals surface area contributed by atoms with Crippen LogP contribution in [0.5, 0.6) is 0 Å². The Morgan fingerprint density at radius 3 is 1.87 bits per heavy atom. The first-order valence-corrected chi connectivity index (χ1v) is 6.45. The highest BCUT2D eigenvalue weighted by Gasteiger charge is 1.98. The van der Waals surface area contributed by atoms with Crippen molar-refractivity contribution in [3.8, 4) is 0 Å². The van der Waals surface area contributed by atoms with E-state index in [1.807, 2.05) is 0 Å². The number of aliphatic hydroxyl groups is 1. The monoisotopic (exact) mass is 216 g/mol. The fourth-order valence-corrected chi connectivity index (χ4v) is 1.73. The molecule has 15 heavy (non-hydrogen) atoms. The van der Waals surface area contributed by atoms with E-state index in [1.165, 1.54) is 51.4 Å². The van der Waals surface area contributed by atoms with Gasteiger partial charge in [0.05, 0.1) is 0 Å². The normalized spacial score (nSPS) is 13.0. The number of aliphatic hydroxyl groups excluding tert-OH is 1. The molecule has 0 saturated heterocycles. The molecule has 0 spiro atoms. The van der Waals surface area contributed by atoms with Crippen LogP contribution in [0.2, 0.25) is 0 Å². The highest BCUT2D eigenvalue weighted by atomic mass is 16.3. The molecule has 0 saturated carbocycles. The second kappa shape index (κ2) is 12.0. The molecule has 0 bridgehead atoms. The van der Waals surface area contributed by atoms with Gasteiger partial charge in [-0.1, -0.05) is 58.3 Å². The lowest BCUT2D eigenvalue weighted by atomic mass is 10.1. The standard InChI is InChI=1S/C12H28N2O/c1-2-3-4-5-6-7-8-9-10-11-12(15)14-13/h12,14-15H,2-11,13H2,1H3. The summed E-state index contributed by atoms with van der Waals surface area (Å²) in [6.45, 7) is 2.25. The lowest BCUT2D eigenvalue weighted by molar-refractivity contribution is 0.125. The summed E-state index contributed by atoms with van der Waals surface area (Å²) in [5, 5.41) is 9.12. The summed E-state index contributed by atoms with van der Waals surface area (Å²) in [5.74, 6) is 5.08. The number of nitrogens with one attached hydrogen (secondary N) is 1. The van der Waals surface area contributed by atoms with E-state index in [-0.39, 0.29) is 0 Å². The molecule has 4 N–H and O–H groups in total. The van der Waals surface area contributed by atoms with Crippen molar-refractivity contribution in [1.82, 2.24) is 5.43 Å². The van der Waals surface area contributed by atoms with Crippen LogP contribution in [0.25, 0.3) is 0 Å². The van der Waals surface area contributed by atoms with E-state index >= 15 is 0 Å². The van der Waals surface area contributed by atoms with Crippen LogP contribution in [0.1, 0.15) is 71.1 Å². The Morgan fingerprint density at radius 2 is 1.40 bits per heavy atom. The average Bonchev–Trinajstić information content (AvgIpc) is 2.26. The minimum atomic E-state index is -0.519. The zero-order valence-electron chi connectivity index (χ0n) is 10.2. The molecule has 1 atom stereocenters. The largest absolute Gasteiger partial charge is 0.377 e. The third kappa shape index (κ3) is 11.8. The molecule has 1 unspecified atom stereocenters. The van der Waals surface area contributed by atoms with Crippen molar-refractivity contribution in [3.63, 3.8) is 0 Å². The van der Waals surface area contributed by atoms with E-state index in [4.69, 9.17) is 10.9 Å². The second-order valence-electron chi connectivity index (χ2n) is 4.30. The maximum absolute atomic E-state index is 9.12. The second-order valence-corrected chi connectivity index (χ2v) is 4.30. The molecular weight excluding hydrogens is 188 g/mol. The molecule has 0 rings (SSSR count). The van der Waals surface area contributed by atoms with Gasteiger partial charge in [-0.25, -0.2) is 5.43 Å². The molecule has 0 fully saturated rings. The lowest BCUT2D eigenvalue weighted by Gasteiger charge is -2.07. The molecule has 0 aliphatic rings. The van der Waals surface area contributed by atoms with E-state index in [9.17, 15) is 0 Å².